The first-order valence-corrected chi connectivity index (χ1v) is 6.21. The first kappa shape index (κ1) is 11.8. The van der Waals surface area contributed by atoms with E-state index in [0.29, 0.717) is 0 Å². The Morgan fingerprint density at radius 1 is 1.53 bits per heavy atom. The molecule has 3 N–H and O–H groups in total. The van der Waals surface area contributed by atoms with Crippen molar-refractivity contribution < 1.29 is 0 Å². The van der Waals surface area contributed by atoms with E-state index in [9.17, 15) is 0 Å². The molecule has 0 bridgehead atoms. The maximum Gasteiger partial charge on any atom is 0.0636 e. The van der Waals surface area contributed by atoms with Gasteiger partial charge in [0.25, 0.3) is 0 Å². The number of fused-ring (bicyclic) bond motifs is 1. The number of anilines is 3. The van der Waals surface area contributed by atoms with Gasteiger partial charge in [0.1, 0.15) is 0 Å². The average Bonchev–Trinajstić information content (AvgIpc) is 2.28. The number of nitrogens with one attached hydrogen (secondary N) is 1. The highest BCUT2D eigenvalue weighted by Gasteiger charge is 2.17. The SMILES string of the molecule is C=C(C)Nc1cc2c(cc1N)CCCN2CC. The average molecular weight is 231 g/mol. The van der Waals surface area contributed by atoms with Gasteiger partial charge in [-0.2, -0.15) is 0 Å². The monoisotopic (exact) mass is 231 g/mol. The Balaban J connectivity index is 2.41. The molecule has 1 aliphatic rings. The Kier molecular flexibility index (Phi) is 3.27. The molecule has 2 rings (SSSR count). The number of aryl methyl sites for hydroxylation is 1. The molecule has 3 nitrogen and oxygen atoms in total. The summed E-state index contributed by atoms with van der Waals surface area (Å²) in [5.41, 5.74) is 11.4. The first-order valence-electron chi connectivity index (χ1n) is 6.21. The van der Waals surface area contributed by atoms with Gasteiger partial charge in [-0.15, -0.1) is 0 Å². The molecule has 0 saturated carbocycles. The zero-order chi connectivity index (χ0) is 12.4. The molecule has 1 aromatic carbocycles. The molecule has 0 radical (unpaired) electrons. The molecular weight excluding hydrogens is 210 g/mol. The Bertz CT molecular complexity index is 437. The zero-order valence-corrected chi connectivity index (χ0v) is 10.7. The van der Waals surface area contributed by atoms with Crippen molar-refractivity contribution in [3.8, 4) is 0 Å². The van der Waals surface area contributed by atoms with Crippen molar-refractivity contribution in [2.45, 2.75) is 26.7 Å². The normalized spacial score (nSPS) is 14.4. The molecule has 0 saturated heterocycles. The van der Waals surface area contributed by atoms with Gasteiger partial charge >= 0.3 is 0 Å². The number of benzene rings is 1. The van der Waals surface area contributed by atoms with Crippen LogP contribution in [0.5, 0.6) is 0 Å². The van der Waals surface area contributed by atoms with Crippen LogP contribution in [-0.2, 0) is 6.42 Å². The molecule has 0 aromatic heterocycles. The van der Waals surface area contributed by atoms with Crippen molar-refractivity contribution in [1.82, 2.24) is 0 Å². The molecule has 0 spiro atoms. The topological polar surface area (TPSA) is 41.3 Å². The number of nitrogens with zero attached hydrogens (tertiary/aromatic N) is 1. The van der Waals surface area contributed by atoms with Crippen molar-refractivity contribution in [1.29, 1.82) is 0 Å². The van der Waals surface area contributed by atoms with Gasteiger partial charge in [0, 0.05) is 24.5 Å². The van der Waals surface area contributed by atoms with Crippen LogP contribution in [0.1, 0.15) is 25.8 Å². The van der Waals surface area contributed by atoms with Gasteiger partial charge in [-0.1, -0.05) is 6.58 Å². The first-order chi connectivity index (χ1) is 8.11. The van der Waals surface area contributed by atoms with E-state index in [1.807, 2.05) is 6.92 Å². The van der Waals surface area contributed by atoms with Crippen LogP contribution in [0.3, 0.4) is 0 Å². The fourth-order valence-corrected chi connectivity index (χ4v) is 2.39. The minimum atomic E-state index is 0.810. The Hall–Kier alpha value is -1.64. The molecule has 0 aliphatic carbocycles. The molecule has 0 unspecified atom stereocenters. The number of nitrogens with two attached hydrogens (primary N) is 1. The van der Waals surface area contributed by atoms with E-state index < -0.39 is 0 Å². The van der Waals surface area contributed by atoms with Crippen LogP contribution < -0.4 is 16.0 Å². The molecule has 0 amide bonds. The van der Waals surface area contributed by atoms with Crippen LogP contribution in [0.4, 0.5) is 17.1 Å². The van der Waals surface area contributed by atoms with Crippen molar-refractivity contribution in [3.05, 3.63) is 30.0 Å². The second-order valence-electron chi connectivity index (χ2n) is 4.66. The van der Waals surface area contributed by atoms with Gasteiger partial charge in [0.15, 0.2) is 0 Å². The third-order valence-electron chi connectivity index (χ3n) is 3.20. The second kappa shape index (κ2) is 4.70. The predicted molar refractivity (Wildman–Crippen MR) is 75.5 cm³/mol. The van der Waals surface area contributed by atoms with Gasteiger partial charge in [0.05, 0.1) is 11.4 Å². The summed E-state index contributed by atoms with van der Waals surface area (Å²) in [5.74, 6) is 0. The molecular formula is C14H21N3. The summed E-state index contributed by atoms with van der Waals surface area (Å²) in [6.07, 6.45) is 2.34. The van der Waals surface area contributed by atoms with Gasteiger partial charge < -0.3 is 16.0 Å². The summed E-state index contributed by atoms with van der Waals surface area (Å²) in [6, 6.07) is 4.25. The van der Waals surface area contributed by atoms with E-state index in [-0.39, 0.29) is 0 Å². The van der Waals surface area contributed by atoms with E-state index in [1.54, 1.807) is 0 Å². The lowest BCUT2D eigenvalue weighted by molar-refractivity contribution is 0.708. The number of nitrogen functional groups attached to an aromatic ring is 1. The molecule has 0 atom stereocenters. The summed E-state index contributed by atoms with van der Waals surface area (Å²) >= 11 is 0. The highest BCUT2D eigenvalue weighted by Crippen LogP contribution is 2.34. The molecule has 1 aromatic rings. The summed E-state index contributed by atoms with van der Waals surface area (Å²) in [6.45, 7) is 10.2. The van der Waals surface area contributed by atoms with Gasteiger partial charge in [0.2, 0.25) is 0 Å². The molecule has 3 heteroatoms. The summed E-state index contributed by atoms with van der Waals surface area (Å²) in [5, 5.41) is 3.22. The molecule has 92 valence electrons. The zero-order valence-electron chi connectivity index (χ0n) is 10.7. The maximum atomic E-state index is 6.06. The molecule has 0 fully saturated rings. The van der Waals surface area contributed by atoms with E-state index in [0.717, 1.165) is 36.6 Å². The fraction of sp³-hybridized carbons (Fsp3) is 0.429. The van der Waals surface area contributed by atoms with Gasteiger partial charge in [-0.05, 0) is 44.4 Å². The van der Waals surface area contributed by atoms with E-state index in [2.05, 4.69) is 35.9 Å². The lowest BCUT2D eigenvalue weighted by atomic mass is 10.00. The van der Waals surface area contributed by atoms with Crippen LogP contribution >= 0.6 is 0 Å². The van der Waals surface area contributed by atoms with Crippen molar-refractivity contribution in [2.24, 2.45) is 0 Å². The Morgan fingerprint density at radius 2 is 2.29 bits per heavy atom. The summed E-state index contributed by atoms with van der Waals surface area (Å²) in [7, 11) is 0. The standard InChI is InChI=1S/C14H21N3/c1-4-17-7-5-6-11-8-12(15)13(9-14(11)17)16-10(2)3/h8-9,16H,2,4-7,15H2,1,3H3. The van der Waals surface area contributed by atoms with Crippen LogP contribution in [0.15, 0.2) is 24.4 Å². The fourth-order valence-electron chi connectivity index (χ4n) is 2.39. The number of hydrogen-bond donors (Lipinski definition) is 2. The van der Waals surface area contributed by atoms with E-state index in [1.165, 1.54) is 17.7 Å². The van der Waals surface area contributed by atoms with E-state index >= 15 is 0 Å². The third-order valence-corrected chi connectivity index (χ3v) is 3.20. The highest BCUT2D eigenvalue weighted by atomic mass is 15.1. The maximum absolute atomic E-state index is 6.06. The van der Waals surface area contributed by atoms with Crippen LogP contribution in [0.25, 0.3) is 0 Å². The lowest BCUT2D eigenvalue weighted by Crippen LogP contribution is -2.29. The minimum absolute atomic E-state index is 0.810. The van der Waals surface area contributed by atoms with E-state index in [4.69, 9.17) is 5.73 Å². The predicted octanol–water partition coefficient (Wildman–Crippen LogP) is 2.99. The second-order valence-corrected chi connectivity index (χ2v) is 4.66. The van der Waals surface area contributed by atoms with Gasteiger partial charge in [-0.25, -0.2) is 0 Å². The summed E-state index contributed by atoms with van der Waals surface area (Å²) < 4.78 is 0. The van der Waals surface area contributed by atoms with Crippen molar-refractivity contribution in [3.63, 3.8) is 0 Å². The minimum Gasteiger partial charge on any atom is -0.397 e. The number of rotatable bonds is 3. The smallest absolute Gasteiger partial charge is 0.0636 e. The van der Waals surface area contributed by atoms with Crippen LogP contribution in [-0.4, -0.2) is 13.1 Å². The largest absolute Gasteiger partial charge is 0.397 e. The highest BCUT2D eigenvalue weighted by molar-refractivity contribution is 5.76. The third kappa shape index (κ3) is 2.38. The quantitative estimate of drug-likeness (QED) is 0.786. The van der Waals surface area contributed by atoms with Crippen LogP contribution in [0.2, 0.25) is 0 Å². The Morgan fingerprint density at radius 3 is 2.94 bits per heavy atom. The number of allylic oxidation sites excluding steroid dienone is 1. The lowest BCUT2D eigenvalue weighted by Gasteiger charge is -2.31. The number of hydrogen-bond acceptors (Lipinski definition) is 3. The van der Waals surface area contributed by atoms with Crippen molar-refractivity contribution in [2.75, 3.05) is 29.0 Å². The van der Waals surface area contributed by atoms with Crippen LogP contribution in [0, 0.1) is 0 Å². The molecule has 1 heterocycles. The molecule has 17 heavy (non-hydrogen) atoms. The van der Waals surface area contributed by atoms with Crippen molar-refractivity contribution >= 4 is 17.1 Å². The Labute approximate surface area is 103 Å². The summed E-state index contributed by atoms with van der Waals surface area (Å²) in [4.78, 5) is 2.40. The molecule has 1 aliphatic heterocycles. The van der Waals surface area contributed by atoms with Gasteiger partial charge in [-0.3, -0.25) is 0 Å².